The van der Waals surface area contributed by atoms with E-state index in [2.05, 4.69) is 10.1 Å². The van der Waals surface area contributed by atoms with Crippen LogP contribution in [0.3, 0.4) is 0 Å². The van der Waals surface area contributed by atoms with Crippen LogP contribution >= 0.6 is 0 Å². The van der Waals surface area contributed by atoms with Gasteiger partial charge in [0, 0.05) is 30.8 Å². The molecule has 0 saturated carbocycles. The number of hydrogen-bond donors (Lipinski definition) is 0. The standard InChI is InChI=1S/C18H16F6N4O/c19-9-12-6-13(8-14(7-12)18(22,23)24)16-25-11-28(26-16)5-2-15(29)27-4-1-3-17(20,21)10-27/h2,5-8,11H,1,3-4,9-10H2/b5-2-. The molecule has 1 fully saturated rings. The number of rotatable bonds is 4. The van der Waals surface area contributed by atoms with Crippen molar-refractivity contribution in [3.63, 3.8) is 0 Å². The molecule has 2 aromatic rings. The van der Waals surface area contributed by atoms with E-state index in [1.165, 1.54) is 6.07 Å². The average molecular weight is 418 g/mol. The van der Waals surface area contributed by atoms with Gasteiger partial charge in [0.1, 0.15) is 13.0 Å². The maximum atomic E-state index is 13.4. The van der Waals surface area contributed by atoms with Gasteiger partial charge in [0.05, 0.1) is 12.1 Å². The molecule has 156 valence electrons. The molecular formula is C18H16F6N4O. The molecule has 1 amide bonds. The number of nitrogens with zero attached hydrogens (tertiary/aromatic N) is 4. The lowest BCUT2D eigenvalue weighted by Gasteiger charge is -2.31. The van der Waals surface area contributed by atoms with E-state index in [0.29, 0.717) is 6.07 Å². The molecule has 1 aliphatic rings. The molecule has 0 N–H and O–H groups in total. The smallest absolute Gasteiger partial charge is 0.333 e. The summed E-state index contributed by atoms with van der Waals surface area (Å²) in [7, 11) is 0. The van der Waals surface area contributed by atoms with E-state index in [-0.39, 0.29) is 36.3 Å². The van der Waals surface area contributed by atoms with Crippen LogP contribution in [-0.4, -0.2) is 44.6 Å². The Labute approximate surface area is 161 Å². The Morgan fingerprint density at radius 1 is 1.24 bits per heavy atom. The van der Waals surface area contributed by atoms with Gasteiger partial charge in [-0.05, 0) is 30.2 Å². The Morgan fingerprint density at radius 2 is 2.00 bits per heavy atom. The van der Waals surface area contributed by atoms with Crippen LogP contribution in [0.5, 0.6) is 0 Å². The summed E-state index contributed by atoms with van der Waals surface area (Å²) in [6.45, 7) is -1.56. The lowest BCUT2D eigenvalue weighted by molar-refractivity contribution is -0.137. The minimum Gasteiger partial charge on any atom is -0.333 e. The predicted octanol–water partition coefficient (Wildman–Crippen LogP) is 4.16. The van der Waals surface area contributed by atoms with E-state index in [0.717, 1.165) is 34.3 Å². The van der Waals surface area contributed by atoms with Gasteiger partial charge >= 0.3 is 6.18 Å². The zero-order valence-electron chi connectivity index (χ0n) is 15.0. The Hall–Kier alpha value is -2.85. The second-order valence-electron chi connectivity index (χ2n) is 6.63. The molecule has 0 unspecified atom stereocenters. The molecule has 29 heavy (non-hydrogen) atoms. The minimum atomic E-state index is -4.66. The third-order valence-corrected chi connectivity index (χ3v) is 4.32. The van der Waals surface area contributed by atoms with E-state index in [9.17, 15) is 31.1 Å². The van der Waals surface area contributed by atoms with Crippen molar-refractivity contribution in [3.8, 4) is 11.4 Å². The SMILES string of the molecule is O=C(/C=C\n1cnc(-c2cc(CF)cc(C(F)(F)F)c2)n1)N1CCCC(F)(F)C1. The maximum Gasteiger partial charge on any atom is 0.416 e. The van der Waals surface area contributed by atoms with Crippen LogP contribution in [0.25, 0.3) is 17.6 Å². The molecule has 1 aromatic carbocycles. The summed E-state index contributed by atoms with van der Waals surface area (Å²) in [6, 6.07) is 2.69. The normalized spacial score (nSPS) is 17.1. The molecule has 5 nitrogen and oxygen atoms in total. The first-order chi connectivity index (χ1) is 13.6. The van der Waals surface area contributed by atoms with Crippen LogP contribution in [0.2, 0.25) is 0 Å². The molecule has 1 aromatic heterocycles. The molecule has 11 heteroatoms. The zero-order chi connectivity index (χ0) is 21.2. The summed E-state index contributed by atoms with van der Waals surface area (Å²) < 4.78 is 79.7. The first-order valence-corrected chi connectivity index (χ1v) is 8.61. The van der Waals surface area contributed by atoms with E-state index >= 15 is 0 Å². The number of alkyl halides is 6. The Kier molecular flexibility index (Phi) is 5.67. The molecule has 0 atom stereocenters. The molecule has 0 bridgehead atoms. The summed E-state index contributed by atoms with van der Waals surface area (Å²) in [4.78, 5) is 16.9. The highest BCUT2D eigenvalue weighted by Crippen LogP contribution is 2.33. The Morgan fingerprint density at radius 3 is 2.66 bits per heavy atom. The van der Waals surface area contributed by atoms with Gasteiger partial charge in [-0.2, -0.15) is 13.2 Å². The van der Waals surface area contributed by atoms with Gasteiger partial charge in [-0.1, -0.05) is 0 Å². The second-order valence-corrected chi connectivity index (χ2v) is 6.63. The van der Waals surface area contributed by atoms with E-state index < -0.39 is 36.8 Å². The number of aromatic nitrogens is 3. The van der Waals surface area contributed by atoms with Crippen LogP contribution in [0, 0.1) is 0 Å². The summed E-state index contributed by atoms with van der Waals surface area (Å²) >= 11 is 0. The Bertz CT molecular complexity index is 921. The maximum absolute atomic E-state index is 13.4. The van der Waals surface area contributed by atoms with Gasteiger partial charge < -0.3 is 4.90 Å². The van der Waals surface area contributed by atoms with Crippen molar-refractivity contribution in [1.82, 2.24) is 19.7 Å². The predicted molar refractivity (Wildman–Crippen MR) is 91.4 cm³/mol. The Balaban J connectivity index is 1.77. The van der Waals surface area contributed by atoms with Crippen LogP contribution in [-0.2, 0) is 17.6 Å². The molecule has 2 heterocycles. The second kappa shape index (κ2) is 7.88. The average Bonchev–Trinajstić information content (AvgIpc) is 3.13. The molecule has 1 aliphatic heterocycles. The number of carbonyl (C=O) groups is 1. The summed E-state index contributed by atoms with van der Waals surface area (Å²) in [5.41, 5.74) is -1.25. The van der Waals surface area contributed by atoms with Crippen molar-refractivity contribution in [3.05, 3.63) is 41.7 Å². The van der Waals surface area contributed by atoms with Crippen molar-refractivity contribution in [1.29, 1.82) is 0 Å². The number of piperidine rings is 1. The van der Waals surface area contributed by atoms with Gasteiger partial charge in [-0.25, -0.2) is 22.8 Å². The fourth-order valence-corrected chi connectivity index (χ4v) is 2.94. The van der Waals surface area contributed by atoms with Gasteiger partial charge in [-0.15, -0.1) is 5.10 Å². The van der Waals surface area contributed by atoms with Crippen molar-refractivity contribution in [2.45, 2.75) is 31.6 Å². The number of amides is 1. The van der Waals surface area contributed by atoms with E-state index in [4.69, 9.17) is 0 Å². The van der Waals surface area contributed by atoms with Crippen molar-refractivity contribution >= 4 is 12.1 Å². The fourth-order valence-electron chi connectivity index (χ4n) is 2.94. The van der Waals surface area contributed by atoms with Crippen molar-refractivity contribution < 1.29 is 31.1 Å². The number of likely N-dealkylation sites (tertiary alicyclic amines) is 1. The first kappa shape index (κ1) is 20.9. The molecule has 0 aliphatic carbocycles. The third-order valence-electron chi connectivity index (χ3n) is 4.32. The number of carbonyl (C=O) groups excluding carboxylic acids is 1. The van der Waals surface area contributed by atoms with Gasteiger partial charge in [0.2, 0.25) is 5.91 Å². The highest BCUT2D eigenvalue weighted by atomic mass is 19.4. The van der Waals surface area contributed by atoms with Gasteiger partial charge in [0.25, 0.3) is 5.92 Å². The van der Waals surface area contributed by atoms with Crippen LogP contribution in [0.1, 0.15) is 24.0 Å². The van der Waals surface area contributed by atoms with Crippen LogP contribution in [0.15, 0.2) is 30.6 Å². The molecule has 3 rings (SSSR count). The lowest BCUT2D eigenvalue weighted by Crippen LogP contribution is -2.45. The zero-order valence-corrected chi connectivity index (χ0v) is 15.0. The summed E-state index contributed by atoms with van der Waals surface area (Å²) in [6.07, 6.45) is -1.42. The quantitative estimate of drug-likeness (QED) is 0.554. The third kappa shape index (κ3) is 5.15. The lowest BCUT2D eigenvalue weighted by atomic mass is 10.1. The van der Waals surface area contributed by atoms with Crippen LogP contribution in [0.4, 0.5) is 26.3 Å². The monoisotopic (exact) mass is 418 g/mol. The highest BCUT2D eigenvalue weighted by molar-refractivity contribution is 5.90. The van der Waals surface area contributed by atoms with Crippen molar-refractivity contribution in [2.24, 2.45) is 0 Å². The molecule has 1 saturated heterocycles. The molecule has 0 spiro atoms. The first-order valence-electron chi connectivity index (χ1n) is 8.61. The van der Waals surface area contributed by atoms with Gasteiger partial charge in [-0.3, -0.25) is 4.79 Å². The summed E-state index contributed by atoms with van der Waals surface area (Å²) in [5, 5.41) is 3.93. The summed E-state index contributed by atoms with van der Waals surface area (Å²) in [5.74, 6) is -3.67. The largest absolute Gasteiger partial charge is 0.416 e. The van der Waals surface area contributed by atoms with Crippen LogP contribution < -0.4 is 0 Å². The van der Waals surface area contributed by atoms with E-state index in [1.807, 2.05) is 0 Å². The van der Waals surface area contributed by atoms with E-state index in [1.54, 1.807) is 0 Å². The van der Waals surface area contributed by atoms with Crippen molar-refractivity contribution in [2.75, 3.05) is 13.1 Å². The number of halogens is 6. The number of hydrogen-bond acceptors (Lipinski definition) is 3. The number of benzene rings is 1. The highest BCUT2D eigenvalue weighted by Gasteiger charge is 2.36. The topological polar surface area (TPSA) is 51.0 Å². The fraction of sp³-hybridized carbons (Fsp3) is 0.389. The minimum absolute atomic E-state index is 0.0402. The molecular weight excluding hydrogens is 402 g/mol. The van der Waals surface area contributed by atoms with Gasteiger partial charge in [0.15, 0.2) is 5.82 Å². The molecule has 0 radical (unpaired) electrons.